The summed E-state index contributed by atoms with van der Waals surface area (Å²) in [5, 5.41) is 64.2. The maximum Gasteiger partial charge on any atom is 0.335 e. The van der Waals surface area contributed by atoms with E-state index in [4.69, 9.17) is 29.5 Å². The van der Waals surface area contributed by atoms with Crippen molar-refractivity contribution in [2.24, 2.45) is 0 Å². The second kappa shape index (κ2) is 11.5. The number of carbonyl (C=O) groups is 1. The van der Waals surface area contributed by atoms with Gasteiger partial charge >= 0.3 is 5.97 Å². The van der Waals surface area contributed by atoms with Crippen molar-refractivity contribution in [3.05, 3.63) is 17.7 Å². The Morgan fingerprint density at radius 3 is 1.48 bits per heavy atom. The number of carboxylic acids is 1. The van der Waals surface area contributed by atoms with E-state index in [0.29, 0.717) is 0 Å². The summed E-state index contributed by atoms with van der Waals surface area (Å²) in [7, 11) is 0. The molecule has 27 heavy (non-hydrogen) atoms. The number of aliphatic hydroxyl groups is 6. The Morgan fingerprint density at radius 2 is 1.15 bits per heavy atom. The average Bonchev–Trinajstić information content (AvgIpc) is 2.67. The lowest BCUT2D eigenvalue weighted by Crippen LogP contribution is -2.24. The minimum Gasteiger partial charge on any atom is -0.487 e. The van der Waals surface area contributed by atoms with Gasteiger partial charge in [-0.25, -0.2) is 4.79 Å². The van der Waals surface area contributed by atoms with Crippen LogP contribution < -0.4 is 14.2 Å². The number of hydrogen-bond donors (Lipinski definition) is 7. The lowest BCUT2D eigenvalue weighted by Gasteiger charge is -2.20. The van der Waals surface area contributed by atoms with E-state index in [0.717, 1.165) is 12.1 Å². The Morgan fingerprint density at radius 1 is 0.778 bits per heavy atom. The summed E-state index contributed by atoms with van der Waals surface area (Å²) >= 11 is 0. The fraction of sp³-hybridized carbons (Fsp3) is 0.562. The molecule has 3 atom stereocenters. The summed E-state index contributed by atoms with van der Waals surface area (Å²) in [5.41, 5.74) is -0.257. The molecule has 1 rings (SSSR count). The molecule has 0 saturated carbocycles. The van der Waals surface area contributed by atoms with Crippen molar-refractivity contribution in [1.29, 1.82) is 0 Å². The number of hydrogen-bond acceptors (Lipinski definition) is 10. The molecule has 0 heterocycles. The molecular weight excluding hydrogens is 368 g/mol. The number of rotatable bonds is 13. The van der Waals surface area contributed by atoms with Crippen molar-refractivity contribution < 1.29 is 54.8 Å². The Balaban J connectivity index is 3.22. The molecule has 0 aliphatic carbocycles. The highest BCUT2D eigenvalue weighted by Gasteiger charge is 2.21. The summed E-state index contributed by atoms with van der Waals surface area (Å²) in [6.07, 6.45) is -3.72. The van der Waals surface area contributed by atoms with Crippen LogP contribution in [-0.4, -0.2) is 99.7 Å². The van der Waals surface area contributed by atoms with Crippen LogP contribution in [0.1, 0.15) is 10.4 Å². The second-order valence-corrected chi connectivity index (χ2v) is 5.55. The fourth-order valence-corrected chi connectivity index (χ4v) is 1.77. The summed E-state index contributed by atoms with van der Waals surface area (Å²) in [4.78, 5) is 11.3. The number of aromatic carboxylic acids is 1. The number of aliphatic hydroxyl groups excluding tert-OH is 6. The molecule has 0 saturated heterocycles. The topological polar surface area (TPSA) is 186 Å². The van der Waals surface area contributed by atoms with Crippen LogP contribution in [0.25, 0.3) is 0 Å². The molecule has 1 aromatic rings. The predicted molar refractivity (Wildman–Crippen MR) is 89.2 cm³/mol. The first-order chi connectivity index (χ1) is 12.8. The number of benzene rings is 1. The molecule has 0 aliphatic rings. The molecule has 154 valence electrons. The SMILES string of the molecule is O=C(O)c1cc(OC[C@H](O)CO)c(OC[C@H](O)CO)c(OC[C@H](O)CO)c1. The van der Waals surface area contributed by atoms with E-state index in [1.807, 2.05) is 0 Å². The number of carboxylic acid groups (broad SMARTS) is 1. The predicted octanol–water partition coefficient (Wildman–Crippen LogP) is -2.42. The highest BCUT2D eigenvalue weighted by Crippen LogP contribution is 2.39. The van der Waals surface area contributed by atoms with Crippen molar-refractivity contribution in [2.45, 2.75) is 18.3 Å². The van der Waals surface area contributed by atoms with Gasteiger partial charge in [-0.3, -0.25) is 0 Å². The summed E-state index contributed by atoms with van der Waals surface area (Å²) in [5.74, 6) is -1.80. The zero-order valence-corrected chi connectivity index (χ0v) is 14.4. The Hall–Kier alpha value is -2.15. The first-order valence-electron chi connectivity index (χ1n) is 7.98. The van der Waals surface area contributed by atoms with Gasteiger partial charge in [-0.05, 0) is 12.1 Å². The molecule has 1 aromatic carbocycles. The van der Waals surface area contributed by atoms with E-state index in [1.54, 1.807) is 0 Å². The van der Waals surface area contributed by atoms with E-state index in [1.165, 1.54) is 0 Å². The highest BCUT2D eigenvalue weighted by atomic mass is 16.6. The molecule has 0 radical (unpaired) electrons. The Bertz CT molecular complexity index is 557. The summed E-state index contributed by atoms with van der Waals surface area (Å²) in [6.45, 7) is -2.95. The smallest absolute Gasteiger partial charge is 0.335 e. The van der Waals surface area contributed by atoms with Gasteiger partial charge in [0.2, 0.25) is 5.75 Å². The van der Waals surface area contributed by atoms with Crippen molar-refractivity contribution >= 4 is 5.97 Å². The molecular formula is C16H24O11. The largest absolute Gasteiger partial charge is 0.487 e. The van der Waals surface area contributed by atoms with Gasteiger partial charge in [0.25, 0.3) is 0 Å². The van der Waals surface area contributed by atoms with Gasteiger partial charge in [0.05, 0.1) is 25.4 Å². The van der Waals surface area contributed by atoms with Gasteiger partial charge in [-0.2, -0.15) is 0 Å². The van der Waals surface area contributed by atoms with Crippen molar-refractivity contribution in [3.63, 3.8) is 0 Å². The van der Waals surface area contributed by atoms with Gasteiger partial charge in [0.1, 0.15) is 38.1 Å². The van der Waals surface area contributed by atoms with E-state index in [2.05, 4.69) is 0 Å². The quantitative estimate of drug-likeness (QED) is 0.189. The summed E-state index contributed by atoms with van der Waals surface area (Å²) in [6, 6.07) is 2.17. The second-order valence-electron chi connectivity index (χ2n) is 5.55. The van der Waals surface area contributed by atoms with Crippen molar-refractivity contribution in [2.75, 3.05) is 39.6 Å². The molecule has 0 spiro atoms. The van der Waals surface area contributed by atoms with E-state index >= 15 is 0 Å². The maximum atomic E-state index is 11.3. The van der Waals surface area contributed by atoms with Crippen LogP contribution in [0.3, 0.4) is 0 Å². The van der Waals surface area contributed by atoms with Crippen LogP contribution in [0.4, 0.5) is 0 Å². The monoisotopic (exact) mass is 392 g/mol. The van der Waals surface area contributed by atoms with Crippen LogP contribution in [0.15, 0.2) is 12.1 Å². The van der Waals surface area contributed by atoms with E-state index in [-0.39, 0.29) is 29.4 Å². The molecule has 11 heteroatoms. The lowest BCUT2D eigenvalue weighted by atomic mass is 10.2. The van der Waals surface area contributed by atoms with Crippen LogP contribution in [-0.2, 0) is 0 Å². The minimum atomic E-state index is -1.32. The lowest BCUT2D eigenvalue weighted by molar-refractivity contribution is 0.0391. The standard InChI is InChI=1S/C16H24O11/c17-3-10(20)6-25-13-1-9(16(23)24)2-14(26-7-11(21)4-18)15(13)27-8-12(22)5-19/h1-2,10-12,17-22H,3-8H2,(H,23,24)/t10-,11-,12-/m1/s1. The average molecular weight is 392 g/mol. The van der Waals surface area contributed by atoms with Gasteiger partial charge in [-0.15, -0.1) is 0 Å². The third-order valence-corrected chi connectivity index (χ3v) is 3.18. The molecule has 0 aromatic heterocycles. The zero-order chi connectivity index (χ0) is 20.4. The molecule has 0 unspecified atom stereocenters. The number of ether oxygens (including phenoxy) is 3. The van der Waals surface area contributed by atoms with E-state index in [9.17, 15) is 25.2 Å². The molecule has 0 aliphatic heterocycles. The van der Waals surface area contributed by atoms with Crippen LogP contribution in [0.5, 0.6) is 17.2 Å². The first kappa shape index (κ1) is 22.9. The van der Waals surface area contributed by atoms with Gasteiger partial charge < -0.3 is 50.0 Å². The maximum absolute atomic E-state index is 11.3. The highest BCUT2D eigenvalue weighted by molar-refractivity contribution is 5.89. The molecule has 7 N–H and O–H groups in total. The van der Waals surface area contributed by atoms with Crippen molar-refractivity contribution in [1.82, 2.24) is 0 Å². The summed E-state index contributed by atoms with van der Waals surface area (Å²) < 4.78 is 15.9. The van der Waals surface area contributed by atoms with Gasteiger partial charge in [0.15, 0.2) is 11.5 Å². The zero-order valence-electron chi connectivity index (χ0n) is 14.4. The van der Waals surface area contributed by atoms with Crippen LogP contribution in [0.2, 0.25) is 0 Å². The van der Waals surface area contributed by atoms with Crippen molar-refractivity contribution in [3.8, 4) is 17.2 Å². The van der Waals surface area contributed by atoms with Gasteiger partial charge in [0, 0.05) is 0 Å². The Labute approximate surface area is 154 Å². The third-order valence-electron chi connectivity index (χ3n) is 3.18. The minimum absolute atomic E-state index is 0.150. The molecule has 0 amide bonds. The molecule has 11 nitrogen and oxygen atoms in total. The molecule has 0 fully saturated rings. The van der Waals surface area contributed by atoms with Crippen LogP contribution in [0, 0.1) is 0 Å². The fourth-order valence-electron chi connectivity index (χ4n) is 1.77. The molecule has 0 bridgehead atoms. The van der Waals surface area contributed by atoms with Crippen LogP contribution >= 0.6 is 0 Å². The Kier molecular flexibility index (Phi) is 9.78. The first-order valence-corrected chi connectivity index (χ1v) is 7.98. The third kappa shape index (κ3) is 7.54. The van der Waals surface area contributed by atoms with E-state index < -0.39 is 57.3 Å². The van der Waals surface area contributed by atoms with Gasteiger partial charge in [-0.1, -0.05) is 0 Å². The normalized spacial score (nSPS) is 14.3.